The minimum atomic E-state index is -0.309. The van der Waals surface area contributed by atoms with Crippen molar-refractivity contribution in [3.05, 3.63) is 72.7 Å². The summed E-state index contributed by atoms with van der Waals surface area (Å²) in [6.07, 6.45) is 7.40. The summed E-state index contributed by atoms with van der Waals surface area (Å²) in [6.45, 7) is 1.97. The Hall–Kier alpha value is -3.75. The summed E-state index contributed by atoms with van der Waals surface area (Å²) in [5.41, 5.74) is 4.76. The first kappa shape index (κ1) is 22.7. The number of ether oxygens (including phenoxy) is 1. The van der Waals surface area contributed by atoms with Crippen molar-refractivity contribution < 1.29 is 9.84 Å². The average molecular weight is 498 g/mol. The molecule has 6 rings (SSSR count). The van der Waals surface area contributed by atoms with Gasteiger partial charge in [0.2, 0.25) is 0 Å². The fourth-order valence-electron chi connectivity index (χ4n) is 4.60. The van der Waals surface area contributed by atoms with E-state index in [-0.39, 0.29) is 12.1 Å². The standard InChI is InChI=1S/C28H27N5O2S/c1-17-16-30-27(31-17)19-8-6-18(7-9-19)24-14-21(12-13-29-24)35-20-10-11-23-26(15-20)36-28(33-23)32-22-4-2-3-5-25(22)34/h6-16,22,25,34H,2-5H2,1H3,(H,30,31)(H,32,33)/t22-,25-/m1/s1. The van der Waals surface area contributed by atoms with Crippen LogP contribution in [-0.2, 0) is 0 Å². The molecule has 0 saturated heterocycles. The summed E-state index contributed by atoms with van der Waals surface area (Å²) in [5.74, 6) is 2.32. The highest BCUT2D eigenvalue weighted by Crippen LogP contribution is 2.33. The van der Waals surface area contributed by atoms with Gasteiger partial charge in [-0.05, 0) is 38.0 Å². The van der Waals surface area contributed by atoms with Crippen molar-refractivity contribution in [2.75, 3.05) is 5.32 Å². The lowest BCUT2D eigenvalue weighted by molar-refractivity contribution is 0.116. The number of H-pyrrole nitrogens is 1. The van der Waals surface area contributed by atoms with Gasteiger partial charge in [0.1, 0.15) is 17.3 Å². The molecule has 1 saturated carbocycles. The quantitative estimate of drug-likeness (QED) is 0.246. The van der Waals surface area contributed by atoms with E-state index >= 15 is 0 Å². The first-order valence-corrected chi connectivity index (χ1v) is 13.0. The van der Waals surface area contributed by atoms with E-state index in [1.807, 2.05) is 67.7 Å². The lowest BCUT2D eigenvalue weighted by Gasteiger charge is -2.27. The van der Waals surface area contributed by atoms with Crippen molar-refractivity contribution in [3.8, 4) is 34.1 Å². The number of benzene rings is 2. The molecular formula is C28H27N5O2S. The molecule has 0 unspecified atom stereocenters. The second-order valence-corrected chi connectivity index (χ2v) is 10.2. The molecule has 0 aliphatic heterocycles. The third kappa shape index (κ3) is 4.82. The zero-order valence-electron chi connectivity index (χ0n) is 19.9. The van der Waals surface area contributed by atoms with Gasteiger partial charge in [-0.1, -0.05) is 48.4 Å². The molecule has 1 aliphatic rings. The van der Waals surface area contributed by atoms with Crippen LogP contribution in [0.2, 0.25) is 0 Å². The Morgan fingerprint density at radius 2 is 1.78 bits per heavy atom. The molecule has 8 heteroatoms. The van der Waals surface area contributed by atoms with Crippen LogP contribution in [0, 0.1) is 6.92 Å². The minimum absolute atomic E-state index is 0.0718. The van der Waals surface area contributed by atoms with Crippen LogP contribution in [0.4, 0.5) is 5.13 Å². The van der Waals surface area contributed by atoms with Crippen LogP contribution in [0.3, 0.4) is 0 Å². The fourth-order valence-corrected chi connectivity index (χ4v) is 5.55. The van der Waals surface area contributed by atoms with Gasteiger partial charge in [-0.2, -0.15) is 0 Å². The Labute approximate surface area is 213 Å². The number of anilines is 1. The maximum absolute atomic E-state index is 10.3. The third-order valence-electron chi connectivity index (χ3n) is 6.53. The summed E-state index contributed by atoms with van der Waals surface area (Å²) < 4.78 is 7.22. The molecule has 5 aromatic rings. The van der Waals surface area contributed by atoms with Gasteiger partial charge in [0, 0.05) is 35.7 Å². The number of thiazole rings is 1. The number of nitrogens with one attached hydrogen (secondary N) is 2. The fraction of sp³-hybridized carbons (Fsp3) is 0.250. The highest BCUT2D eigenvalue weighted by molar-refractivity contribution is 7.22. The van der Waals surface area contributed by atoms with E-state index in [1.165, 1.54) is 0 Å². The average Bonchev–Trinajstić information content (AvgIpc) is 3.51. The van der Waals surface area contributed by atoms with Gasteiger partial charge >= 0.3 is 0 Å². The second-order valence-electron chi connectivity index (χ2n) is 9.20. The Morgan fingerprint density at radius 3 is 2.58 bits per heavy atom. The van der Waals surface area contributed by atoms with Gasteiger partial charge in [-0.15, -0.1) is 0 Å². The zero-order valence-corrected chi connectivity index (χ0v) is 20.8. The summed E-state index contributed by atoms with van der Waals surface area (Å²) in [6, 6.07) is 18.0. The van der Waals surface area contributed by atoms with Gasteiger partial charge in [-0.3, -0.25) is 4.98 Å². The van der Waals surface area contributed by atoms with Crippen LogP contribution in [-0.4, -0.2) is 37.2 Å². The van der Waals surface area contributed by atoms with Crippen LogP contribution in [0.1, 0.15) is 31.4 Å². The molecule has 0 amide bonds. The van der Waals surface area contributed by atoms with Crippen molar-refractivity contribution in [1.29, 1.82) is 0 Å². The second kappa shape index (κ2) is 9.72. The molecule has 2 atom stereocenters. The summed E-state index contributed by atoms with van der Waals surface area (Å²) >= 11 is 1.59. The number of hydrogen-bond acceptors (Lipinski definition) is 7. The minimum Gasteiger partial charge on any atom is -0.457 e. The molecule has 36 heavy (non-hydrogen) atoms. The van der Waals surface area contributed by atoms with Gasteiger partial charge in [0.05, 0.1) is 33.8 Å². The predicted molar refractivity (Wildman–Crippen MR) is 144 cm³/mol. The normalized spacial score (nSPS) is 17.8. The van der Waals surface area contributed by atoms with E-state index in [0.717, 1.165) is 80.9 Å². The molecule has 0 bridgehead atoms. The maximum atomic E-state index is 10.3. The predicted octanol–water partition coefficient (Wildman–Crippen LogP) is 6.56. The van der Waals surface area contributed by atoms with Crippen molar-refractivity contribution in [3.63, 3.8) is 0 Å². The first-order valence-electron chi connectivity index (χ1n) is 12.2. The number of aliphatic hydroxyl groups excluding tert-OH is 1. The Kier molecular flexibility index (Phi) is 6.13. The molecule has 0 spiro atoms. The zero-order chi connectivity index (χ0) is 24.5. The van der Waals surface area contributed by atoms with Crippen LogP contribution >= 0.6 is 11.3 Å². The Morgan fingerprint density at radius 1 is 0.972 bits per heavy atom. The Balaban J connectivity index is 1.18. The maximum Gasteiger partial charge on any atom is 0.184 e. The first-order chi connectivity index (χ1) is 17.6. The number of imidazole rings is 1. The topological polar surface area (TPSA) is 96.0 Å². The lowest BCUT2D eigenvalue weighted by atomic mass is 9.93. The van der Waals surface area contributed by atoms with E-state index in [9.17, 15) is 5.11 Å². The van der Waals surface area contributed by atoms with E-state index in [2.05, 4.69) is 20.3 Å². The number of aromatic amines is 1. The molecule has 7 nitrogen and oxygen atoms in total. The van der Waals surface area contributed by atoms with Gasteiger partial charge in [-0.25, -0.2) is 9.97 Å². The van der Waals surface area contributed by atoms with Crippen LogP contribution in [0.5, 0.6) is 11.5 Å². The summed E-state index contributed by atoms with van der Waals surface area (Å²) in [5, 5.41) is 14.5. The molecule has 0 radical (unpaired) electrons. The number of aliphatic hydroxyl groups is 1. The van der Waals surface area contributed by atoms with E-state index in [4.69, 9.17) is 9.72 Å². The summed E-state index contributed by atoms with van der Waals surface area (Å²) in [4.78, 5) is 16.9. The van der Waals surface area contributed by atoms with Crippen LogP contribution in [0.15, 0.2) is 67.0 Å². The number of aryl methyl sites for hydroxylation is 1. The molecule has 3 heterocycles. The smallest absolute Gasteiger partial charge is 0.184 e. The summed E-state index contributed by atoms with van der Waals surface area (Å²) in [7, 11) is 0. The monoisotopic (exact) mass is 497 g/mol. The van der Waals surface area contributed by atoms with Gasteiger partial charge in [0.25, 0.3) is 0 Å². The lowest BCUT2D eigenvalue weighted by Crippen LogP contribution is -2.36. The van der Waals surface area contributed by atoms with Crippen molar-refractivity contribution in [1.82, 2.24) is 19.9 Å². The molecular weight excluding hydrogens is 470 g/mol. The molecule has 3 N–H and O–H groups in total. The highest BCUT2D eigenvalue weighted by atomic mass is 32.1. The number of hydrogen-bond donors (Lipinski definition) is 3. The van der Waals surface area contributed by atoms with Gasteiger partial charge < -0.3 is 20.1 Å². The SMILES string of the molecule is Cc1c[nH]c(-c2ccc(-c3cc(Oc4ccc5nc(N[C@@H]6CCCC[C@H]6O)sc5c4)ccn3)cc2)n1. The van der Waals surface area contributed by atoms with E-state index < -0.39 is 0 Å². The van der Waals surface area contributed by atoms with Crippen LogP contribution < -0.4 is 10.1 Å². The number of nitrogens with zero attached hydrogens (tertiary/aromatic N) is 3. The third-order valence-corrected chi connectivity index (χ3v) is 7.47. The molecule has 2 aromatic carbocycles. The van der Waals surface area contributed by atoms with Gasteiger partial charge in [0.15, 0.2) is 5.13 Å². The van der Waals surface area contributed by atoms with Crippen molar-refractivity contribution in [2.45, 2.75) is 44.8 Å². The number of aromatic nitrogens is 4. The molecule has 182 valence electrons. The number of pyridine rings is 1. The molecule has 3 aromatic heterocycles. The number of fused-ring (bicyclic) bond motifs is 1. The van der Waals surface area contributed by atoms with Crippen molar-refractivity contribution in [2.24, 2.45) is 0 Å². The Bertz CT molecular complexity index is 1490. The number of rotatable bonds is 6. The van der Waals surface area contributed by atoms with E-state index in [1.54, 1.807) is 17.5 Å². The highest BCUT2D eigenvalue weighted by Gasteiger charge is 2.23. The molecule has 1 fully saturated rings. The van der Waals surface area contributed by atoms with Crippen LogP contribution in [0.25, 0.3) is 32.9 Å². The van der Waals surface area contributed by atoms with E-state index in [0.29, 0.717) is 0 Å². The van der Waals surface area contributed by atoms with Crippen molar-refractivity contribution >= 4 is 26.7 Å². The largest absolute Gasteiger partial charge is 0.457 e. The molecule has 1 aliphatic carbocycles.